The van der Waals surface area contributed by atoms with Gasteiger partial charge in [-0.2, -0.15) is 13.2 Å². The molecule has 1 atom stereocenters. The van der Waals surface area contributed by atoms with Crippen molar-refractivity contribution in [3.8, 4) is 0 Å². The van der Waals surface area contributed by atoms with Crippen molar-refractivity contribution in [3.63, 3.8) is 0 Å². The summed E-state index contributed by atoms with van der Waals surface area (Å²) in [7, 11) is 1.68. The predicted octanol–water partition coefficient (Wildman–Crippen LogP) is 2.35. The molecule has 1 aromatic rings. The molecule has 0 radical (unpaired) electrons. The fraction of sp³-hybridized carbons (Fsp3) is 0.714. The van der Waals surface area contributed by atoms with Gasteiger partial charge in [-0.25, -0.2) is 4.98 Å². The van der Waals surface area contributed by atoms with Crippen LogP contribution in [0.15, 0.2) is 10.4 Å². The zero-order valence-corrected chi connectivity index (χ0v) is 13.6. The third-order valence-electron chi connectivity index (χ3n) is 4.37. The summed E-state index contributed by atoms with van der Waals surface area (Å²) in [4.78, 5) is 10.0. The van der Waals surface area contributed by atoms with Gasteiger partial charge in [-0.3, -0.25) is 4.99 Å². The number of hydrogen-bond donors (Lipinski definition) is 1. The minimum atomic E-state index is -4.39. The summed E-state index contributed by atoms with van der Waals surface area (Å²) >= 11 is 1.00. The first-order chi connectivity index (χ1) is 10.9. The first-order valence-electron chi connectivity index (χ1n) is 7.47. The Kier molecular flexibility index (Phi) is 4.50. The summed E-state index contributed by atoms with van der Waals surface area (Å²) in [5, 5.41) is 4.56. The van der Waals surface area contributed by atoms with Crippen LogP contribution in [0.4, 0.5) is 13.2 Å². The Hall–Kier alpha value is -1.35. The number of thiazole rings is 1. The van der Waals surface area contributed by atoms with Crippen molar-refractivity contribution >= 4 is 17.3 Å². The molecule has 9 heteroatoms. The highest BCUT2D eigenvalue weighted by atomic mass is 32.1. The van der Waals surface area contributed by atoms with E-state index in [1.165, 1.54) is 0 Å². The van der Waals surface area contributed by atoms with Crippen LogP contribution in [0.25, 0.3) is 0 Å². The van der Waals surface area contributed by atoms with E-state index < -0.39 is 11.9 Å². The molecule has 3 heterocycles. The van der Waals surface area contributed by atoms with Crippen molar-refractivity contribution in [1.82, 2.24) is 15.2 Å². The molecule has 1 aromatic heterocycles. The second-order valence-corrected chi connectivity index (χ2v) is 6.94. The van der Waals surface area contributed by atoms with Crippen molar-refractivity contribution in [1.29, 1.82) is 0 Å². The van der Waals surface area contributed by atoms with Gasteiger partial charge in [-0.05, 0) is 12.8 Å². The molecule has 0 saturated carbocycles. The van der Waals surface area contributed by atoms with Crippen molar-refractivity contribution < 1.29 is 17.9 Å². The van der Waals surface area contributed by atoms with Gasteiger partial charge in [0, 0.05) is 37.5 Å². The lowest BCUT2D eigenvalue weighted by Gasteiger charge is -2.24. The number of halogens is 3. The number of guanidine groups is 1. The summed E-state index contributed by atoms with van der Waals surface area (Å²) in [5.74, 6) is 0.706. The quantitative estimate of drug-likeness (QED) is 0.658. The van der Waals surface area contributed by atoms with E-state index >= 15 is 0 Å². The van der Waals surface area contributed by atoms with Crippen molar-refractivity contribution in [3.05, 3.63) is 16.1 Å². The molecule has 0 aromatic carbocycles. The SMILES string of the molecule is CN=C(NCc1nc(C(F)(F)F)cs1)N1CCC2(CCOC2)C1. The molecule has 2 fully saturated rings. The van der Waals surface area contributed by atoms with Crippen LogP contribution in [0.5, 0.6) is 0 Å². The molecule has 1 N–H and O–H groups in total. The molecule has 1 spiro atoms. The second kappa shape index (κ2) is 6.27. The number of hydrogen-bond acceptors (Lipinski definition) is 4. The van der Waals surface area contributed by atoms with E-state index in [1.54, 1.807) is 7.05 Å². The summed E-state index contributed by atoms with van der Waals surface area (Å²) in [6.07, 6.45) is -2.27. The van der Waals surface area contributed by atoms with Crippen molar-refractivity contribution in [2.45, 2.75) is 25.6 Å². The molecule has 1 unspecified atom stereocenters. The lowest BCUT2D eigenvalue weighted by Crippen LogP contribution is -2.41. The fourth-order valence-electron chi connectivity index (χ4n) is 3.10. The normalized spacial score (nSPS) is 25.6. The van der Waals surface area contributed by atoms with Crippen LogP contribution in [0.3, 0.4) is 0 Å². The van der Waals surface area contributed by atoms with Gasteiger partial charge in [0.15, 0.2) is 11.7 Å². The number of rotatable bonds is 2. The Morgan fingerprint density at radius 3 is 2.96 bits per heavy atom. The molecule has 0 aliphatic carbocycles. The number of likely N-dealkylation sites (tertiary alicyclic amines) is 1. The van der Waals surface area contributed by atoms with Gasteiger partial charge < -0.3 is 15.0 Å². The molecule has 128 valence electrons. The summed E-state index contributed by atoms with van der Waals surface area (Å²) in [6.45, 7) is 3.58. The molecule has 2 aliphatic rings. The highest BCUT2D eigenvalue weighted by Crippen LogP contribution is 2.38. The molecule has 2 saturated heterocycles. The Morgan fingerprint density at radius 1 is 1.52 bits per heavy atom. The Balaban J connectivity index is 1.57. The number of aliphatic imine (C=N–C) groups is 1. The van der Waals surface area contributed by atoms with Gasteiger partial charge in [0.25, 0.3) is 0 Å². The zero-order valence-electron chi connectivity index (χ0n) is 12.8. The standard InChI is InChI=1S/C14H19F3N4OS/c1-18-12(21-4-2-13(8-21)3-5-22-9-13)19-6-11-20-10(7-23-11)14(15,16)17/h7H,2-6,8-9H2,1H3,(H,18,19). The van der Waals surface area contributed by atoms with Crippen LogP contribution in [-0.4, -0.2) is 49.2 Å². The number of alkyl halides is 3. The molecule has 0 amide bonds. The fourth-order valence-corrected chi connectivity index (χ4v) is 3.84. The van der Waals surface area contributed by atoms with Gasteiger partial charge in [0.05, 0.1) is 13.2 Å². The topological polar surface area (TPSA) is 49.8 Å². The highest BCUT2D eigenvalue weighted by molar-refractivity contribution is 7.09. The smallest absolute Gasteiger partial charge is 0.381 e. The van der Waals surface area contributed by atoms with Gasteiger partial charge in [0.1, 0.15) is 5.01 Å². The van der Waals surface area contributed by atoms with Gasteiger partial charge in [-0.1, -0.05) is 0 Å². The van der Waals surface area contributed by atoms with E-state index in [4.69, 9.17) is 4.74 Å². The van der Waals surface area contributed by atoms with Gasteiger partial charge >= 0.3 is 6.18 Å². The number of ether oxygens (including phenoxy) is 1. The minimum absolute atomic E-state index is 0.211. The molecular weight excluding hydrogens is 329 g/mol. The molecular formula is C14H19F3N4OS. The lowest BCUT2D eigenvalue weighted by atomic mass is 9.87. The minimum Gasteiger partial charge on any atom is -0.381 e. The predicted molar refractivity (Wildman–Crippen MR) is 81.4 cm³/mol. The van der Waals surface area contributed by atoms with Gasteiger partial charge in [0.2, 0.25) is 0 Å². The largest absolute Gasteiger partial charge is 0.434 e. The highest BCUT2D eigenvalue weighted by Gasteiger charge is 2.42. The van der Waals surface area contributed by atoms with E-state index in [0.717, 1.165) is 55.9 Å². The third kappa shape index (κ3) is 3.60. The van der Waals surface area contributed by atoms with Crippen LogP contribution < -0.4 is 5.32 Å². The first-order valence-corrected chi connectivity index (χ1v) is 8.35. The van der Waals surface area contributed by atoms with E-state index in [0.29, 0.717) is 11.0 Å². The zero-order chi connectivity index (χ0) is 16.5. The Labute approximate surface area is 136 Å². The van der Waals surface area contributed by atoms with Crippen LogP contribution in [0.1, 0.15) is 23.5 Å². The molecule has 3 rings (SSSR count). The first kappa shape index (κ1) is 16.5. The van der Waals surface area contributed by atoms with E-state index in [1.807, 2.05) is 0 Å². The Morgan fingerprint density at radius 2 is 2.35 bits per heavy atom. The molecule has 2 aliphatic heterocycles. The van der Waals surface area contributed by atoms with Crippen molar-refractivity contribution in [2.75, 3.05) is 33.4 Å². The summed E-state index contributed by atoms with van der Waals surface area (Å²) < 4.78 is 43.2. The van der Waals surface area contributed by atoms with Crippen LogP contribution in [-0.2, 0) is 17.5 Å². The maximum absolute atomic E-state index is 12.6. The van der Waals surface area contributed by atoms with Crippen LogP contribution in [0, 0.1) is 5.41 Å². The maximum atomic E-state index is 12.6. The summed E-state index contributed by atoms with van der Waals surface area (Å²) in [5.41, 5.74) is -0.625. The lowest BCUT2D eigenvalue weighted by molar-refractivity contribution is -0.140. The number of aromatic nitrogens is 1. The average molecular weight is 348 g/mol. The molecule has 23 heavy (non-hydrogen) atoms. The molecule has 5 nitrogen and oxygen atoms in total. The van der Waals surface area contributed by atoms with Crippen LogP contribution in [0.2, 0.25) is 0 Å². The Bertz CT molecular complexity index is 581. The van der Waals surface area contributed by atoms with Gasteiger partial charge in [-0.15, -0.1) is 11.3 Å². The van der Waals surface area contributed by atoms with Crippen LogP contribution >= 0.6 is 11.3 Å². The number of nitrogens with one attached hydrogen (secondary N) is 1. The second-order valence-electron chi connectivity index (χ2n) is 6.00. The van der Waals surface area contributed by atoms with E-state index in [2.05, 4.69) is 20.2 Å². The maximum Gasteiger partial charge on any atom is 0.434 e. The average Bonchev–Trinajstić information content (AvgIpc) is 3.22. The van der Waals surface area contributed by atoms with E-state index in [9.17, 15) is 13.2 Å². The van der Waals surface area contributed by atoms with E-state index in [-0.39, 0.29) is 12.0 Å². The molecule has 0 bridgehead atoms. The third-order valence-corrected chi connectivity index (χ3v) is 5.22. The van der Waals surface area contributed by atoms with Crippen molar-refractivity contribution in [2.24, 2.45) is 10.4 Å². The number of nitrogens with zero attached hydrogens (tertiary/aromatic N) is 3. The summed E-state index contributed by atoms with van der Waals surface area (Å²) in [6, 6.07) is 0. The monoisotopic (exact) mass is 348 g/mol.